The number of hydrogen-bond donors (Lipinski definition) is 1. The van der Waals surface area contributed by atoms with Gasteiger partial charge in [0.25, 0.3) is 0 Å². The van der Waals surface area contributed by atoms with Crippen molar-refractivity contribution >= 4 is 5.69 Å². The van der Waals surface area contributed by atoms with Gasteiger partial charge in [-0.2, -0.15) is 0 Å². The minimum atomic E-state index is -0.107. The maximum atomic E-state index is 14.0. The lowest BCUT2D eigenvalue weighted by Crippen LogP contribution is -2.40. The van der Waals surface area contributed by atoms with Crippen molar-refractivity contribution in [1.29, 1.82) is 0 Å². The SMILES string of the molecule is CCN(CC1CCCCCC1NC)c1ccccc1F. The van der Waals surface area contributed by atoms with Crippen LogP contribution in [0, 0.1) is 11.7 Å². The molecule has 112 valence electrons. The average Bonchev–Trinajstić information content (AvgIpc) is 2.70. The van der Waals surface area contributed by atoms with E-state index in [1.807, 2.05) is 12.1 Å². The topological polar surface area (TPSA) is 15.3 Å². The first-order chi connectivity index (χ1) is 9.76. The molecule has 2 nitrogen and oxygen atoms in total. The molecule has 1 saturated carbocycles. The summed E-state index contributed by atoms with van der Waals surface area (Å²) >= 11 is 0. The van der Waals surface area contributed by atoms with Crippen molar-refractivity contribution in [2.75, 3.05) is 25.0 Å². The Balaban J connectivity index is 2.10. The standard InChI is InChI=1S/C17H27FN2/c1-3-20(17-12-8-7-10-15(17)18)13-14-9-5-4-6-11-16(14)19-2/h7-8,10,12,14,16,19H,3-6,9,11,13H2,1-2H3. The van der Waals surface area contributed by atoms with Gasteiger partial charge in [0.15, 0.2) is 0 Å². The number of halogens is 1. The molecule has 2 rings (SSSR count). The summed E-state index contributed by atoms with van der Waals surface area (Å²) in [5.41, 5.74) is 0.745. The minimum Gasteiger partial charge on any atom is -0.369 e. The Kier molecular flexibility index (Phi) is 5.84. The van der Waals surface area contributed by atoms with E-state index < -0.39 is 0 Å². The smallest absolute Gasteiger partial charge is 0.146 e. The van der Waals surface area contributed by atoms with Crippen molar-refractivity contribution in [2.45, 2.75) is 45.1 Å². The molecule has 0 aliphatic heterocycles. The molecule has 0 radical (unpaired) electrons. The van der Waals surface area contributed by atoms with Crippen molar-refractivity contribution < 1.29 is 4.39 Å². The van der Waals surface area contributed by atoms with Crippen LogP contribution in [-0.4, -0.2) is 26.2 Å². The zero-order valence-corrected chi connectivity index (χ0v) is 12.7. The molecule has 2 atom stereocenters. The Morgan fingerprint density at radius 3 is 2.65 bits per heavy atom. The Hall–Kier alpha value is -1.09. The molecule has 0 bridgehead atoms. The fraction of sp³-hybridized carbons (Fsp3) is 0.647. The molecule has 1 aromatic rings. The van der Waals surface area contributed by atoms with Gasteiger partial charge >= 0.3 is 0 Å². The number of nitrogens with one attached hydrogen (secondary N) is 1. The molecule has 1 aliphatic rings. The lowest BCUT2D eigenvalue weighted by molar-refractivity contribution is 0.352. The number of rotatable bonds is 5. The van der Waals surface area contributed by atoms with E-state index in [0.717, 1.165) is 18.8 Å². The van der Waals surface area contributed by atoms with Crippen molar-refractivity contribution in [3.8, 4) is 0 Å². The molecule has 20 heavy (non-hydrogen) atoms. The van der Waals surface area contributed by atoms with E-state index in [1.165, 1.54) is 32.1 Å². The molecule has 1 fully saturated rings. The minimum absolute atomic E-state index is 0.107. The molecule has 0 heterocycles. The third-order valence-corrected chi connectivity index (χ3v) is 4.56. The van der Waals surface area contributed by atoms with Gasteiger partial charge in [0, 0.05) is 19.1 Å². The maximum Gasteiger partial charge on any atom is 0.146 e. The molecule has 3 heteroatoms. The van der Waals surface area contributed by atoms with Crippen LogP contribution < -0.4 is 10.2 Å². The van der Waals surface area contributed by atoms with Gasteiger partial charge in [0.05, 0.1) is 5.69 Å². The van der Waals surface area contributed by atoms with Gasteiger partial charge in [-0.05, 0) is 44.9 Å². The molecule has 1 aromatic carbocycles. The number of benzene rings is 1. The second kappa shape index (κ2) is 7.63. The van der Waals surface area contributed by atoms with Crippen molar-refractivity contribution in [3.63, 3.8) is 0 Å². The molecule has 1 N–H and O–H groups in total. The van der Waals surface area contributed by atoms with Gasteiger partial charge in [0.2, 0.25) is 0 Å². The van der Waals surface area contributed by atoms with Gasteiger partial charge in [-0.3, -0.25) is 0 Å². The Bertz CT molecular complexity index is 408. The fourth-order valence-electron chi connectivity index (χ4n) is 3.37. The number of anilines is 1. The van der Waals surface area contributed by atoms with Crippen molar-refractivity contribution in [3.05, 3.63) is 30.1 Å². The fourth-order valence-corrected chi connectivity index (χ4v) is 3.37. The van der Waals surface area contributed by atoms with E-state index >= 15 is 0 Å². The molecule has 0 spiro atoms. The second-order valence-corrected chi connectivity index (χ2v) is 5.78. The summed E-state index contributed by atoms with van der Waals surface area (Å²) in [7, 11) is 2.06. The highest BCUT2D eigenvalue weighted by molar-refractivity contribution is 5.47. The second-order valence-electron chi connectivity index (χ2n) is 5.78. The largest absolute Gasteiger partial charge is 0.369 e. The first kappa shape index (κ1) is 15.3. The predicted octanol–water partition coefficient (Wildman–Crippen LogP) is 3.82. The van der Waals surface area contributed by atoms with Gasteiger partial charge in [-0.15, -0.1) is 0 Å². The average molecular weight is 278 g/mol. The zero-order valence-electron chi connectivity index (χ0n) is 12.7. The van der Waals surface area contributed by atoms with Crippen LogP contribution in [0.15, 0.2) is 24.3 Å². The summed E-state index contributed by atoms with van der Waals surface area (Å²) in [6.45, 7) is 3.91. The van der Waals surface area contributed by atoms with Crippen molar-refractivity contribution in [2.24, 2.45) is 5.92 Å². The summed E-state index contributed by atoms with van der Waals surface area (Å²) in [5, 5.41) is 3.47. The zero-order chi connectivity index (χ0) is 14.4. The summed E-state index contributed by atoms with van der Waals surface area (Å²) in [6, 6.07) is 7.70. The highest BCUT2D eigenvalue weighted by Gasteiger charge is 2.24. The summed E-state index contributed by atoms with van der Waals surface area (Å²) in [4.78, 5) is 2.19. The molecule has 0 aromatic heterocycles. The van der Waals surface area contributed by atoms with Crippen LogP contribution in [0.3, 0.4) is 0 Å². The Morgan fingerprint density at radius 1 is 1.20 bits per heavy atom. The van der Waals surface area contributed by atoms with E-state index in [0.29, 0.717) is 12.0 Å². The van der Waals surface area contributed by atoms with Crippen molar-refractivity contribution in [1.82, 2.24) is 5.32 Å². The highest BCUT2D eigenvalue weighted by atomic mass is 19.1. The van der Waals surface area contributed by atoms with E-state index in [2.05, 4.69) is 24.2 Å². The normalized spacial score (nSPS) is 23.4. The van der Waals surface area contributed by atoms with E-state index in [-0.39, 0.29) is 5.82 Å². The van der Waals surface area contributed by atoms with Gasteiger partial charge in [-0.25, -0.2) is 4.39 Å². The van der Waals surface area contributed by atoms with Crippen LogP contribution in [-0.2, 0) is 0 Å². The summed E-state index contributed by atoms with van der Waals surface area (Å²) < 4.78 is 14.0. The molecular weight excluding hydrogens is 251 g/mol. The van der Waals surface area contributed by atoms with Crippen LogP contribution in [0.2, 0.25) is 0 Å². The quantitative estimate of drug-likeness (QED) is 0.824. The number of hydrogen-bond acceptors (Lipinski definition) is 2. The summed E-state index contributed by atoms with van der Waals surface area (Å²) in [5.74, 6) is 0.506. The van der Waals surface area contributed by atoms with Crippen LogP contribution in [0.4, 0.5) is 10.1 Å². The summed E-state index contributed by atoms with van der Waals surface area (Å²) in [6.07, 6.45) is 6.44. The van der Waals surface area contributed by atoms with E-state index in [4.69, 9.17) is 0 Å². The van der Waals surface area contributed by atoms with Gasteiger partial charge in [-0.1, -0.05) is 31.4 Å². The molecule has 0 saturated heterocycles. The van der Waals surface area contributed by atoms with Crippen LogP contribution in [0.5, 0.6) is 0 Å². The number of nitrogens with zero attached hydrogens (tertiary/aromatic N) is 1. The maximum absolute atomic E-state index is 14.0. The lowest BCUT2D eigenvalue weighted by Gasteiger charge is -2.32. The van der Waals surface area contributed by atoms with Gasteiger partial charge < -0.3 is 10.2 Å². The van der Waals surface area contributed by atoms with Crippen LogP contribution >= 0.6 is 0 Å². The Labute approximate surface area is 122 Å². The van der Waals surface area contributed by atoms with E-state index in [9.17, 15) is 4.39 Å². The predicted molar refractivity (Wildman–Crippen MR) is 83.7 cm³/mol. The molecular formula is C17H27FN2. The number of para-hydroxylation sites is 1. The Morgan fingerprint density at radius 2 is 1.95 bits per heavy atom. The molecule has 1 aliphatic carbocycles. The molecule has 0 amide bonds. The van der Waals surface area contributed by atoms with Crippen LogP contribution in [0.25, 0.3) is 0 Å². The first-order valence-electron chi connectivity index (χ1n) is 7.93. The van der Waals surface area contributed by atoms with E-state index in [1.54, 1.807) is 12.1 Å². The lowest BCUT2D eigenvalue weighted by atomic mass is 9.94. The molecule has 2 unspecified atom stereocenters. The highest BCUT2D eigenvalue weighted by Crippen LogP contribution is 2.27. The van der Waals surface area contributed by atoms with Crippen LogP contribution in [0.1, 0.15) is 39.0 Å². The third-order valence-electron chi connectivity index (χ3n) is 4.56. The first-order valence-corrected chi connectivity index (χ1v) is 7.93. The third kappa shape index (κ3) is 3.72. The van der Waals surface area contributed by atoms with Gasteiger partial charge in [0.1, 0.15) is 5.82 Å². The monoisotopic (exact) mass is 278 g/mol.